The summed E-state index contributed by atoms with van der Waals surface area (Å²) in [4.78, 5) is 10.1. The molecule has 0 amide bonds. The van der Waals surface area contributed by atoms with Crippen LogP contribution in [0.3, 0.4) is 0 Å². The molecule has 0 aliphatic rings. The Bertz CT molecular complexity index is 413. The third-order valence-electron chi connectivity index (χ3n) is 1.63. The molecule has 0 atom stereocenters. The number of carboxylic acid groups (broad SMARTS) is 1. The van der Waals surface area contributed by atoms with Crippen LogP contribution in [0.25, 0.3) is 6.08 Å². The van der Waals surface area contributed by atoms with Crippen molar-refractivity contribution in [2.45, 2.75) is 6.42 Å². The van der Waals surface area contributed by atoms with Gasteiger partial charge in [0.1, 0.15) is 5.82 Å². The van der Waals surface area contributed by atoms with Gasteiger partial charge < -0.3 is 5.11 Å². The van der Waals surface area contributed by atoms with Gasteiger partial charge in [0, 0.05) is 11.6 Å². The minimum absolute atomic E-state index is 0.185. The number of hydrogen-bond donors (Lipinski definition) is 1. The van der Waals surface area contributed by atoms with Crippen LogP contribution in [0.5, 0.6) is 0 Å². The molecule has 5 heteroatoms. The third-order valence-corrected chi connectivity index (χ3v) is 1.63. The summed E-state index contributed by atoms with van der Waals surface area (Å²) in [7, 11) is 0. The largest absolute Gasteiger partial charge is 0.481 e. The van der Waals surface area contributed by atoms with Crippen molar-refractivity contribution in [3.63, 3.8) is 0 Å². The Morgan fingerprint density at radius 2 is 1.80 bits per heavy atom. The minimum atomic E-state index is -1.28. The number of aliphatic carboxylic acids is 1. The zero-order valence-corrected chi connectivity index (χ0v) is 7.51. The first-order chi connectivity index (χ1) is 7.00. The molecule has 0 saturated heterocycles. The van der Waals surface area contributed by atoms with Crippen molar-refractivity contribution < 1.29 is 23.1 Å². The first-order valence-electron chi connectivity index (χ1n) is 4.03. The number of halogens is 3. The molecule has 0 fully saturated rings. The first kappa shape index (κ1) is 11.3. The molecular formula is C10H7F3O2. The molecule has 0 spiro atoms. The number of hydrogen-bond acceptors (Lipinski definition) is 1. The fraction of sp³-hybridized carbons (Fsp3) is 0.100. The second-order valence-corrected chi connectivity index (χ2v) is 2.79. The van der Waals surface area contributed by atoms with Gasteiger partial charge in [-0.3, -0.25) is 4.79 Å². The highest BCUT2D eigenvalue weighted by atomic mass is 19.2. The monoisotopic (exact) mass is 216 g/mol. The lowest BCUT2D eigenvalue weighted by atomic mass is 10.1. The van der Waals surface area contributed by atoms with E-state index in [1.165, 1.54) is 0 Å². The van der Waals surface area contributed by atoms with Crippen LogP contribution < -0.4 is 0 Å². The molecule has 2 nitrogen and oxygen atoms in total. The van der Waals surface area contributed by atoms with E-state index in [0.717, 1.165) is 12.2 Å². The van der Waals surface area contributed by atoms with Gasteiger partial charge in [-0.05, 0) is 6.07 Å². The quantitative estimate of drug-likeness (QED) is 0.788. The van der Waals surface area contributed by atoms with Crippen LogP contribution in [0, 0.1) is 17.5 Å². The van der Waals surface area contributed by atoms with E-state index in [1.807, 2.05) is 0 Å². The van der Waals surface area contributed by atoms with Gasteiger partial charge in [-0.15, -0.1) is 0 Å². The van der Waals surface area contributed by atoms with Gasteiger partial charge in [0.2, 0.25) is 0 Å². The highest BCUT2D eigenvalue weighted by Gasteiger charge is 2.07. The molecule has 1 aromatic carbocycles. The molecule has 0 unspecified atom stereocenters. The summed E-state index contributed by atoms with van der Waals surface area (Å²) < 4.78 is 38.1. The zero-order chi connectivity index (χ0) is 11.4. The molecule has 1 aromatic rings. The Balaban J connectivity index is 2.90. The maximum atomic E-state index is 12.9. The smallest absolute Gasteiger partial charge is 0.307 e. The molecule has 0 bridgehead atoms. The van der Waals surface area contributed by atoms with Crippen LogP contribution in [-0.2, 0) is 4.79 Å². The van der Waals surface area contributed by atoms with Gasteiger partial charge in [0.25, 0.3) is 0 Å². The number of benzene rings is 1. The standard InChI is InChI=1S/C10H7F3O2/c11-7-5-9(13)8(12)4-6(7)2-1-3-10(14)15/h1-2,4-5H,3H2,(H,14,15). The van der Waals surface area contributed by atoms with Gasteiger partial charge in [0.15, 0.2) is 11.6 Å². The predicted molar refractivity (Wildman–Crippen MR) is 47.6 cm³/mol. The van der Waals surface area contributed by atoms with Gasteiger partial charge >= 0.3 is 5.97 Å². The predicted octanol–water partition coefficient (Wildman–Crippen LogP) is 2.59. The molecule has 1 rings (SSSR count). The second-order valence-electron chi connectivity index (χ2n) is 2.79. The van der Waals surface area contributed by atoms with E-state index in [1.54, 1.807) is 0 Å². The Labute approximate surface area is 83.7 Å². The Kier molecular flexibility index (Phi) is 3.49. The molecule has 1 N–H and O–H groups in total. The van der Waals surface area contributed by atoms with Crippen molar-refractivity contribution in [2.75, 3.05) is 0 Å². The van der Waals surface area contributed by atoms with Gasteiger partial charge in [-0.1, -0.05) is 12.2 Å². The van der Waals surface area contributed by atoms with Crippen LogP contribution in [-0.4, -0.2) is 11.1 Å². The molecule has 0 radical (unpaired) electrons. The number of carboxylic acids is 1. The van der Waals surface area contributed by atoms with Crippen molar-refractivity contribution in [2.24, 2.45) is 0 Å². The molecule has 80 valence electrons. The van der Waals surface area contributed by atoms with Gasteiger partial charge in [-0.25, -0.2) is 13.2 Å². The van der Waals surface area contributed by atoms with E-state index in [-0.39, 0.29) is 12.0 Å². The van der Waals surface area contributed by atoms with Crippen molar-refractivity contribution in [1.29, 1.82) is 0 Å². The maximum Gasteiger partial charge on any atom is 0.307 e. The summed E-state index contributed by atoms with van der Waals surface area (Å²) >= 11 is 0. The highest BCUT2D eigenvalue weighted by molar-refractivity contribution is 5.70. The maximum absolute atomic E-state index is 12.9. The van der Waals surface area contributed by atoms with Crippen LogP contribution in [0.2, 0.25) is 0 Å². The summed E-state index contributed by atoms with van der Waals surface area (Å²) in [6.45, 7) is 0. The van der Waals surface area contributed by atoms with Crippen LogP contribution in [0.15, 0.2) is 18.2 Å². The first-order valence-corrected chi connectivity index (χ1v) is 4.03. The normalized spacial score (nSPS) is 10.9. The molecule has 0 aromatic heterocycles. The molecule has 0 saturated carbocycles. The van der Waals surface area contributed by atoms with E-state index in [9.17, 15) is 18.0 Å². The van der Waals surface area contributed by atoms with Crippen LogP contribution in [0.1, 0.15) is 12.0 Å². The Morgan fingerprint density at radius 1 is 1.20 bits per heavy atom. The van der Waals surface area contributed by atoms with E-state index < -0.39 is 23.4 Å². The highest BCUT2D eigenvalue weighted by Crippen LogP contribution is 2.15. The Hall–Kier alpha value is -1.78. The van der Waals surface area contributed by atoms with E-state index >= 15 is 0 Å². The average molecular weight is 216 g/mol. The lowest BCUT2D eigenvalue weighted by molar-refractivity contribution is -0.135. The molecule has 15 heavy (non-hydrogen) atoms. The second kappa shape index (κ2) is 4.63. The fourth-order valence-corrected chi connectivity index (χ4v) is 0.952. The van der Waals surface area contributed by atoms with Crippen molar-refractivity contribution in [3.05, 3.63) is 41.2 Å². The summed E-state index contributed by atoms with van der Waals surface area (Å²) in [5.74, 6) is -4.47. The average Bonchev–Trinajstić information content (AvgIpc) is 2.13. The van der Waals surface area contributed by atoms with Crippen molar-refractivity contribution in [3.8, 4) is 0 Å². The summed E-state index contributed by atoms with van der Waals surface area (Å²) in [6, 6.07) is 1.08. The Morgan fingerprint density at radius 3 is 2.40 bits per heavy atom. The SMILES string of the molecule is O=C(O)CC=Cc1cc(F)c(F)cc1F. The van der Waals surface area contributed by atoms with Crippen LogP contribution >= 0.6 is 0 Å². The van der Waals surface area contributed by atoms with E-state index in [0.29, 0.717) is 12.1 Å². The van der Waals surface area contributed by atoms with Crippen molar-refractivity contribution in [1.82, 2.24) is 0 Å². The molecular weight excluding hydrogens is 209 g/mol. The summed E-state index contributed by atoms with van der Waals surface area (Å²) in [5.41, 5.74) is -0.185. The zero-order valence-electron chi connectivity index (χ0n) is 7.51. The summed E-state index contributed by atoms with van der Waals surface area (Å²) in [5, 5.41) is 8.28. The molecule has 0 aliphatic carbocycles. The van der Waals surface area contributed by atoms with E-state index in [4.69, 9.17) is 5.11 Å². The third kappa shape index (κ3) is 3.12. The van der Waals surface area contributed by atoms with Gasteiger partial charge in [-0.2, -0.15) is 0 Å². The van der Waals surface area contributed by atoms with Gasteiger partial charge in [0.05, 0.1) is 6.42 Å². The topological polar surface area (TPSA) is 37.3 Å². The van der Waals surface area contributed by atoms with Crippen LogP contribution in [0.4, 0.5) is 13.2 Å². The number of carbonyl (C=O) groups is 1. The number of rotatable bonds is 3. The minimum Gasteiger partial charge on any atom is -0.481 e. The molecule has 0 aliphatic heterocycles. The summed E-state index contributed by atoms with van der Waals surface area (Å²) in [6.07, 6.45) is 1.93. The lowest BCUT2D eigenvalue weighted by Gasteiger charge is -1.98. The lowest BCUT2D eigenvalue weighted by Crippen LogP contribution is -1.92. The van der Waals surface area contributed by atoms with Crippen molar-refractivity contribution >= 4 is 12.0 Å². The van der Waals surface area contributed by atoms with E-state index in [2.05, 4.69) is 0 Å². The fourth-order valence-electron chi connectivity index (χ4n) is 0.952. The molecule has 0 heterocycles.